The molecule has 0 radical (unpaired) electrons. The van der Waals surface area contributed by atoms with Gasteiger partial charge in [0.05, 0.1) is 0 Å². The van der Waals surface area contributed by atoms with E-state index >= 15 is 0 Å². The van der Waals surface area contributed by atoms with Gasteiger partial charge in [0, 0.05) is 18.3 Å². The van der Waals surface area contributed by atoms with Gasteiger partial charge in [0.2, 0.25) is 0 Å². The Morgan fingerprint density at radius 1 is 0.737 bits per heavy atom. The van der Waals surface area contributed by atoms with Gasteiger partial charge < -0.3 is 4.98 Å². The van der Waals surface area contributed by atoms with E-state index in [1.165, 1.54) is 16.7 Å². The van der Waals surface area contributed by atoms with Crippen molar-refractivity contribution in [1.82, 2.24) is 4.98 Å². The zero-order valence-corrected chi connectivity index (χ0v) is 10.8. The maximum absolute atomic E-state index is 3.17. The molecule has 0 aliphatic rings. The number of benzene rings is 2. The summed E-state index contributed by atoms with van der Waals surface area (Å²) < 4.78 is 0. The van der Waals surface area contributed by atoms with Crippen LogP contribution in [0.25, 0.3) is 0 Å². The van der Waals surface area contributed by atoms with Gasteiger partial charge in [-0.2, -0.15) is 0 Å². The summed E-state index contributed by atoms with van der Waals surface area (Å²) in [6.07, 6.45) is 5.12. The molecule has 94 valence electrons. The molecule has 0 aliphatic heterocycles. The zero-order chi connectivity index (χ0) is 12.9. The normalized spacial score (nSPS) is 12.2. The summed E-state index contributed by atoms with van der Waals surface area (Å²) in [5.74, 6) is 0.412. The number of nitrogens with one attached hydrogen (secondary N) is 1. The molecule has 3 rings (SSSR count). The molecule has 1 atom stereocenters. The molecule has 0 saturated carbocycles. The van der Waals surface area contributed by atoms with E-state index in [0.29, 0.717) is 5.92 Å². The lowest BCUT2D eigenvalue weighted by Gasteiger charge is -2.16. The summed E-state index contributed by atoms with van der Waals surface area (Å²) in [6, 6.07) is 23.5. The second-order valence-corrected chi connectivity index (χ2v) is 4.80. The largest absolute Gasteiger partial charge is 0.367 e. The number of aromatic amines is 1. The third-order valence-electron chi connectivity index (χ3n) is 3.51. The predicted molar refractivity (Wildman–Crippen MR) is 79.2 cm³/mol. The average Bonchev–Trinajstić information content (AvgIpc) is 3.01. The van der Waals surface area contributed by atoms with Gasteiger partial charge in [0.15, 0.2) is 0 Å². The summed E-state index contributed by atoms with van der Waals surface area (Å²) in [6.45, 7) is 0. The number of aromatic nitrogens is 1. The molecule has 1 heteroatoms. The Bertz CT molecular complexity index is 597. The van der Waals surface area contributed by atoms with Gasteiger partial charge in [-0.05, 0) is 29.2 Å². The van der Waals surface area contributed by atoms with Gasteiger partial charge in [0.1, 0.15) is 0 Å². The van der Waals surface area contributed by atoms with E-state index in [9.17, 15) is 0 Å². The maximum Gasteiger partial charge on any atom is 0.0145 e. The number of hydrogen-bond donors (Lipinski definition) is 1. The van der Waals surface area contributed by atoms with Crippen molar-refractivity contribution in [2.24, 2.45) is 0 Å². The first kappa shape index (κ1) is 11.8. The number of hydrogen-bond acceptors (Lipinski definition) is 0. The Morgan fingerprint density at radius 2 is 1.42 bits per heavy atom. The summed E-state index contributed by atoms with van der Waals surface area (Å²) in [4.78, 5) is 3.17. The van der Waals surface area contributed by atoms with Crippen LogP contribution >= 0.6 is 0 Å². The van der Waals surface area contributed by atoms with Crippen molar-refractivity contribution >= 4 is 0 Å². The Hall–Kier alpha value is -2.28. The molecule has 1 nitrogen and oxygen atoms in total. The van der Waals surface area contributed by atoms with E-state index in [1.807, 2.05) is 6.20 Å². The number of H-pyrrole nitrogens is 1. The van der Waals surface area contributed by atoms with Crippen LogP contribution in [0, 0.1) is 0 Å². The van der Waals surface area contributed by atoms with Gasteiger partial charge in [0.25, 0.3) is 0 Å². The highest BCUT2D eigenvalue weighted by atomic mass is 14.6. The van der Waals surface area contributed by atoms with Crippen molar-refractivity contribution in [2.75, 3.05) is 0 Å². The van der Waals surface area contributed by atoms with Crippen LogP contribution in [0.15, 0.2) is 79.1 Å². The van der Waals surface area contributed by atoms with Crippen molar-refractivity contribution in [3.63, 3.8) is 0 Å². The van der Waals surface area contributed by atoms with Crippen molar-refractivity contribution in [3.8, 4) is 0 Å². The first-order valence-electron chi connectivity index (χ1n) is 6.65. The second kappa shape index (κ2) is 5.57. The molecule has 0 amide bonds. The summed E-state index contributed by atoms with van der Waals surface area (Å²) in [5.41, 5.74) is 4.08. The summed E-state index contributed by atoms with van der Waals surface area (Å²) in [5, 5.41) is 0. The van der Waals surface area contributed by atoms with Crippen LogP contribution in [0.5, 0.6) is 0 Å². The van der Waals surface area contributed by atoms with E-state index in [2.05, 4.69) is 77.9 Å². The molecule has 0 spiro atoms. The van der Waals surface area contributed by atoms with Crippen LogP contribution in [-0.2, 0) is 6.42 Å². The minimum atomic E-state index is 0.412. The standard InChI is InChI=1S/C18H17N/c1-3-7-15(8-4-1)13-18(17-11-12-19-14-17)16-9-5-2-6-10-16/h1-12,14,18-19H,13H2. The first-order valence-corrected chi connectivity index (χ1v) is 6.65. The smallest absolute Gasteiger partial charge is 0.0145 e. The fraction of sp³-hybridized carbons (Fsp3) is 0.111. The first-order chi connectivity index (χ1) is 9.43. The zero-order valence-electron chi connectivity index (χ0n) is 10.8. The molecular weight excluding hydrogens is 230 g/mol. The highest BCUT2D eigenvalue weighted by Gasteiger charge is 2.14. The fourth-order valence-electron chi connectivity index (χ4n) is 2.52. The molecule has 0 aliphatic carbocycles. The molecule has 1 unspecified atom stereocenters. The lowest BCUT2D eigenvalue weighted by Crippen LogP contribution is -2.04. The Kier molecular flexibility index (Phi) is 3.46. The van der Waals surface area contributed by atoms with Gasteiger partial charge in [-0.25, -0.2) is 0 Å². The predicted octanol–water partition coefficient (Wildman–Crippen LogP) is 4.39. The summed E-state index contributed by atoms with van der Waals surface area (Å²) >= 11 is 0. The Morgan fingerprint density at radius 3 is 2.05 bits per heavy atom. The number of rotatable bonds is 4. The van der Waals surface area contributed by atoms with E-state index in [4.69, 9.17) is 0 Å². The van der Waals surface area contributed by atoms with Gasteiger partial charge in [-0.1, -0.05) is 60.7 Å². The molecule has 0 fully saturated rings. The molecule has 1 N–H and O–H groups in total. The van der Waals surface area contributed by atoms with Crippen molar-refractivity contribution in [2.45, 2.75) is 12.3 Å². The molecule has 1 heterocycles. The molecule has 2 aromatic carbocycles. The molecule has 19 heavy (non-hydrogen) atoms. The molecule has 0 bridgehead atoms. The minimum absolute atomic E-state index is 0.412. The van der Waals surface area contributed by atoms with Crippen LogP contribution in [-0.4, -0.2) is 4.98 Å². The third-order valence-corrected chi connectivity index (χ3v) is 3.51. The highest BCUT2D eigenvalue weighted by Crippen LogP contribution is 2.28. The lowest BCUT2D eigenvalue weighted by atomic mass is 9.87. The minimum Gasteiger partial charge on any atom is -0.367 e. The van der Waals surface area contributed by atoms with Crippen LogP contribution in [0.4, 0.5) is 0 Å². The molecule has 0 saturated heterocycles. The van der Waals surface area contributed by atoms with Crippen LogP contribution in [0.1, 0.15) is 22.6 Å². The molecule has 1 aromatic heterocycles. The van der Waals surface area contributed by atoms with E-state index in [0.717, 1.165) is 6.42 Å². The van der Waals surface area contributed by atoms with Crippen molar-refractivity contribution in [3.05, 3.63) is 95.8 Å². The van der Waals surface area contributed by atoms with Crippen LogP contribution in [0.3, 0.4) is 0 Å². The third kappa shape index (κ3) is 2.76. The lowest BCUT2D eigenvalue weighted by molar-refractivity contribution is 0.806. The topological polar surface area (TPSA) is 15.8 Å². The van der Waals surface area contributed by atoms with Gasteiger partial charge >= 0.3 is 0 Å². The Balaban J connectivity index is 1.94. The van der Waals surface area contributed by atoms with Gasteiger partial charge in [-0.15, -0.1) is 0 Å². The van der Waals surface area contributed by atoms with E-state index < -0.39 is 0 Å². The van der Waals surface area contributed by atoms with Crippen molar-refractivity contribution in [1.29, 1.82) is 0 Å². The Labute approximate surface area is 113 Å². The fourth-order valence-corrected chi connectivity index (χ4v) is 2.52. The van der Waals surface area contributed by atoms with E-state index in [1.54, 1.807) is 0 Å². The van der Waals surface area contributed by atoms with Crippen LogP contribution < -0.4 is 0 Å². The van der Waals surface area contributed by atoms with E-state index in [-0.39, 0.29) is 0 Å². The molecular formula is C18H17N. The second-order valence-electron chi connectivity index (χ2n) is 4.80. The highest BCUT2D eigenvalue weighted by molar-refractivity contribution is 5.33. The summed E-state index contributed by atoms with van der Waals surface area (Å²) in [7, 11) is 0. The monoisotopic (exact) mass is 247 g/mol. The SMILES string of the molecule is c1ccc(CC(c2ccccc2)c2cc[nH]c2)cc1. The van der Waals surface area contributed by atoms with Crippen LogP contribution in [0.2, 0.25) is 0 Å². The quantitative estimate of drug-likeness (QED) is 0.703. The van der Waals surface area contributed by atoms with Crippen molar-refractivity contribution < 1.29 is 0 Å². The molecule has 3 aromatic rings. The average molecular weight is 247 g/mol. The maximum atomic E-state index is 3.17. The van der Waals surface area contributed by atoms with Gasteiger partial charge in [-0.3, -0.25) is 0 Å².